The molecule has 1 saturated heterocycles. The summed E-state index contributed by atoms with van der Waals surface area (Å²) in [6.45, 7) is 1.57. The second-order valence-electron chi connectivity index (χ2n) is 7.64. The Morgan fingerprint density at radius 2 is 2.06 bits per heavy atom. The molecule has 2 aromatic rings. The highest BCUT2D eigenvalue weighted by Crippen LogP contribution is 2.25. The maximum absolute atomic E-state index is 13.9. The van der Waals surface area contributed by atoms with E-state index in [0.717, 1.165) is 18.9 Å². The van der Waals surface area contributed by atoms with Crippen LogP contribution in [0.5, 0.6) is 0 Å². The molecule has 164 valence electrons. The Labute approximate surface area is 183 Å². The zero-order valence-electron chi connectivity index (χ0n) is 16.7. The van der Waals surface area contributed by atoms with Crippen LogP contribution >= 0.6 is 11.6 Å². The Balaban J connectivity index is 1.36. The lowest BCUT2D eigenvalue weighted by atomic mass is 9.99. The van der Waals surface area contributed by atoms with Crippen LogP contribution in [0, 0.1) is 11.6 Å². The Bertz CT molecular complexity index is 1010. The summed E-state index contributed by atoms with van der Waals surface area (Å²) in [4.78, 5) is 26.5. The van der Waals surface area contributed by atoms with E-state index in [9.17, 15) is 18.4 Å². The minimum Gasteiger partial charge on any atom is -0.376 e. The summed E-state index contributed by atoms with van der Waals surface area (Å²) in [6, 6.07) is 6.82. The number of carbonyl (C=O) groups is 2. The van der Waals surface area contributed by atoms with Gasteiger partial charge >= 0.3 is 6.03 Å². The average molecular weight is 450 g/mol. The number of fused-ring (bicyclic) bond motifs is 1. The van der Waals surface area contributed by atoms with Crippen molar-refractivity contribution in [1.82, 2.24) is 10.2 Å². The van der Waals surface area contributed by atoms with Crippen molar-refractivity contribution in [3.8, 4) is 0 Å². The van der Waals surface area contributed by atoms with Crippen LogP contribution in [-0.4, -0.2) is 42.6 Å². The number of benzene rings is 2. The Morgan fingerprint density at radius 3 is 2.81 bits per heavy atom. The molecule has 0 aliphatic carbocycles. The highest BCUT2D eigenvalue weighted by atomic mass is 35.5. The van der Waals surface area contributed by atoms with Gasteiger partial charge in [0.25, 0.3) is 5.91 Å². The molecule has 2 aliphatic heterocycles. The first kappa shape index (κ1) is 21.5. The van der Waals surface area contributed by atoms with E-state index in [0.29, 0.717) is 35.5 Å². The van der Waals surface area contributed by atoms with Gasteiger partial charge in [-0.3, -0.25) is 4.79 Å². The number of rotatable bonds is 4. The minimum atomic E-state index is -0.883. The van der Waals surface area contributed by atoms with Crippen LogP contribution in [0.2, 0.25) is 5.02 Å². The van der Waals surface area contributed by atoms with Crippen LogP contribution in [0.25, 0.3) is 0 Å². The lowest BCUT2D eigenvalue weighted by molar-refractivity contribution is 0.0858. The molecule has 2 aromatic carbocycles. The van der Waals surface area contributed by atoms with E-state index in [-0.39, 0.29) is 42.6 Å². The Hall–Kier alpha value is -2.71. The van der Waals surface area contributed by atoms with Crippen molar-refractivity contribution in [2.75, 3.05) is 25.0 Å². The van der Waals surface area contributed by atoms with Crippen molar-refractivity contribution in [3.63, 3.8) is 0 Å². The Morgan fingerprint density at radius 1 is 1.23 bits per heavy atom. The maximum atomic E-state index is 13.9. The molecule has 31 heavy (non-hydrogen) atoms. The SMILES string of the molecule is O=C(NCC1CCCO1)c1ccc(NC(=O)N2CCc3c(ccc(F)c3F)C2)cc1Cl. The van der Waals surface area contributed by atoms with Crippen LogP contribution in [0.1, 0.15) is 34.3 Å². The molecule has 9 heteroatoms. The fraction of sp³-hybridized carbons (Fsp3) is 0.364. The first-order chi connectivity index (χ1) is 14.9. The molecule has 3 amide bonds. The van der Waals surface area contributed by atoms with Crippen LogP contribution in [0.4, 0.5) is 19.3 Å². The third kappa shape index (κ3) is 4.80. The van der Waals surface area contributed by atoms with Gasteiger partial charge in [-0.1, -0.05) is 17.7 Å². The van der Waals surface area contributed by atoms with Crippen LogP contribution in [-0.2, 0) is 17.7 Å². The summed E-state index contributed by atoms with van der Waals surface area (Å²) >= 11 is 6.25. The highest BCUT2D eigenvalue weighted by molar-refractivity contribution is 6.34. The number of carbonyl (C=O) groups excluding carboxylic acids is 2. The number of anilines is 1. The first-order valence-electron chi connectivity index (χ1n) is 10.1. The molecule has 0 bridgehead atoms. The molecule has 0 aromatic heterocycles. The van der Waals surface area contributed by atoms with Crippen molar-refractivity contribution in [3.05, 3.63) is 63.7 Å². The van der Waals surface area contributed by atoms with Gasteiger partial charge in [0.2, 0.25) is 0 Å². The lowest BCUT2D eigenvalue weighted by Crippen LogP contribution is -2.39. The molecule has 4 rings (SSSR count). The van der Waals surface area contributed by atoms with E-state index in [1.54, 1.807) is 12.1 Å². The number of hydrogen-bond donors (Lipinski definition) is 2. The van der Waals surface area contributed by atoms with Gasteiger partial charge in [0.15, 0.2) is 11.6 Å². The van der Waals surface area contributed by atoms with Gasteiger partial charge in [0, 0.05) is 31.9 Å². The predicted molar refractivity (Wildman–Crippen MR) is 112 cm³/mol. The molecular weight excluding hydrogens is 428 g/mol. The Kier molecular flexibility index (Phi) is 6.38. The summed E-state index contributed by atoms with van der Waals surface area (Å²) in [7, 11) is 0. The summed E-state index contributed by atoms with van der Waals surface area (Å²) < 4.78 is 32.8. The molecular formula is C22H22ClF2N3O3. The van der Waals surface area contributed by atoms with Gasteiger partial charge in [0.05, 0.1) is 16.7 Å². The number of amides is 3. The zero-order chi connectivity index (χ0) is 22.0. The first-order valence-corrected chi connectivity index (χ1v) is 10.5. The fourth-order valence-corrected chi connectivity index (χ4v) is 4.11. The van der Waals surface area contributed by atoms with E-state index in [1.807, 2.05) is 0 Å². The van der Waals surface area contributed by atoms with Gasteiger partial charge in [-0.05, 0) is 54.7 Å². The standard InChI is InChI=1S/C22H22ClF2N3O3/c23-18-10-14(4-5-17(18)21(29)26-11-15-2-1-9-31-15)27-22(30)28-8-7-16-13(12-28)3-6-19(24)20(16)25/h3-6,10,15H,1-2,7-9,11-12H2,(H,26,29)(H,27,30). The van der Waals surface area contributed by atoms with Crippen molar-refractivity contribution < 1.29 is 23.1 Å². The molecule has 6 nitrogen and oxygen atoms in total. The molecule has 1 fully saturated rings. The van der Waals surface area contributed by atoms with Crippen LogP contribution < -0.4 is 10.6 Å². The molecule has 2 heterocycles. The topological polar surface area (TPSA) is 70.7 Å². The number of hydrogen-bond acceptors (Lipinski definition) is 3. The second-order valence-corrected chi connectivity index (χ2v) is 8.05. The quantitative estimate of drug-likeness (QED) is 0.737. The number of halogens is 3. The summed E-state index contributed by atoms with van der Waals surface area (Å²) in [6.07, 6.45) is 2.17. The average Bonchev–Trinajstić information content (AvgIpc) is 3.28. The van der Waals surface area contributed by atoms with E-state index >= 15 is 0 Å². The zero-order valence-corrected chi connectivity index (χ0v) is 17.5. The van der Waals surface area contributed by atoms with Gasteiger partial charge in [-0.25, -0.2) is 13.6 Å². The maximum Gasteiger partial charge on any atom is 0.322 e. The van der Waals surface area contributed by atoms with E-state index in [4.69, 9.17) is 16.3 Å². The molecule has 1 atom stereocenters. The van der Waals surface area contributed by atoms with Gasteiger partial charge < -0.3 is 20.3 Å². The summed E-state index contributed by atoms with van der Waals surface area (Å²) in [5.41, 5.74) is 1.63. The normalized spacial score (nSPS) is 17.9. The third-order valence-electron chi connectivity index (χ3n) is 5.55. The monoisotopic (exact) mass is 449 g/mol. The van der Waals surface area contributed by atoms with Gasteiger partial charge in [0.1, 0.15) is 0 Å². The number of urea groups is 1. The highest BCUT2D eigenvalue weighted by Gasteiger charge is 2.25. The van der Waals surface area contributed by atoms with E-state index in [2.05, 4.69) is 10.6 Å². The van der Waals surface area contributed by atoms with Gasteiger partial charge in [-0.2, -0.15) is 0 Å². The largest absolute Gasteiger partial charge is 0.376 e. The van der Waals surface area contributed by atoms with Crippen molar-refractivity contribution in [2.45, 2.75) is 31.9 Å². The number of nitrogens with one attached hydrogen (secondary N) is 2. The van der Waals surface area contributed by atoms with E-state index < -0.39 is 11.6 Å². The molecule has 1 unspecified atom stereocenters. The number of ether oxygens (including phenoxy) is 1. The third-order valence-corrected chi connectivity index (χ3v) is 5.87. The molecule has 0 saturated carbocycles. The predicted octanol–water partition coefficient (Wildman–Crippen LogP) is 4.12. The smallest absolute Gasteiger partial charge is 0.322 e. The van der Waals surface area contributed by atoms with Crippen LogP contribution in [0.3, 0.4) is 0 Å². The molecule has 2 N–H and O–H groups in total. The lowest BCUT2D eigenvalue weighted by Gasteiger charge is -2.29. The van der Waals surface area contributed by atoms with E-state index in [1.165, 1.54) is 17.0 Å². The summed E-state index contributed by atoms with van der Waals surface area (Å²) in [5, 5.41) is 5.76. The van der Waals surface area contributed by atoms with Crippen molar-refractivity contribution >= 4 is 29.2 Å². The van der Waals surface area contributed by atoms with Gasteiger partial charge in [-0.15, -0.1) is 0 Å². The minimum absolute atomic E-state index is 0.0286. The second kappa shape index (κ2) is 9.20. The molecule has 2 aliphatic rings. The van der Waals surface area contributed by atoms with Crippen molar-refractivity contribution in [1.29, 1.82) is 0 Å². The fourth-order valence-electron chi connectivity index (χ4n) is 3.84. The van der Waals surface area contributed by atoms with Crippen molar-refractivity contribution in [2.24, 2.45) is 0 Å². The molecule has 0 spiro atoms. The number of nitrogens with zero attached hydrogens (tertiary/aromatic N) is 1. The summed E-state index contributed by atoms with van der Waals surface area (Å²) in [5.74, 6) is -2.04. The molecule has 0 radical (unpaired) electrons. The van der Waals surface area contributed by atoms with Crippen LogP contribution in [0.15, 0.2) is 30.3 Å².